The fourth-order valence-corrected chi connectivity index (χ4v) is 5.03. The van der Waals surface area contributed by atoms with Gasteiger partial charge in [0, 0.05) is 16.9 Å². The largest absolute Gasteiger partial charge is 0.461 e. The number of aromatic nitrogens is 4. The smallest absolute Gasteiger partial charge is 0.270 e. The van der Waals surface area contributed by atoms with Crippen LogP contribution in [0.15, 0.2) is 51.5 Å². The number of furan rings is 1. The molecule has 0 fully saturated rings. The summed E-state index contributed by atoms with van der Waals surface area (Å²) in [5, 5.41) is 15.7. The number of nitrogens with one attached hydrogen (secondary N) is 1. The highest BCUT2D eigenvalue weighted by atomic mass is 35.5. The molecule has 0 bridgehead atoms. The minimum Gasteiger partial charge on any atom is -0.461 e. The first-order valence-corrected chi connectivity index (χ1v) is 12.3. The Kier molecular flexibility index (Phi) is 7.20. The fourth-order valence-electron chi connectivity index (χ4n) is 2.80. The van der Waals surface area contributed by atoms with E-state index < -0.39 is 0 Å². The molecule has 1 amide bonds. The van der Waals surface area contributed by atoms with E-state index in [2.05, 4.69) is 20.5 Å². The first kappa shape index (κ1) is 22.8. The number of amides is 1. The number of thiazole rings is 1. The van der Waals surface area contributed by atoms with E-state index in [-0.39, 0.29) is 5.91 Å². The van der Waals surface area contributed by atoms with Crippen molar-refractivity contribution < 1.29 is 9.21 Å². The lowest BCUT2D eigenvalue weighted by atomic mass is 10.2. The van der Waals surface area contributed by atoms with Gasteiger partial charge in [-0.25, -0.2) is 4.98 Å². The Hall–Kier alpha value is -2.33. The van der Waals surface area contributed by atoms with Crippen LogP contribution < -0.4 is 5.32 Å². The number of thioether (sulfide) groups is 1. The third-order valence-electron chi connectivity index (χ3n) is 4.31. The van der Waals surface area contributed by atoms with Gasteiger partial charge in [-0.05, 0) is 36.2 Å². The highest BCUT2D eigenvalue weighted by molar-refractivity contribution is 7.98. The van der Waals surface area contributed by atoms with Gasteiger partial charge in [-0.2, -0.15) is 0 Å². The second kappa shape index (κ2) is 10.1. The minimum absolute atomic E-state index is 0.164. The van der Waals surface area contributed by atoms with Crippen molar-refractivity contribution >= 4 is 52.2 Å². The summed E-state index contributed by atoms with van der Waals surface area (Å²) in [6, 6.07) is 8.83. The normalized spacial score (nSPS) is 11.3. The van der Waals surface area contributed by atoms with Gasteiger partial charge >= 0.3 is 0 Å². The van der Waals surface area contributed by atoms with Crippen molar-refractivity contribution in [3.8, 4) is 17.3 Å². The number of halogens is 2. The van der Waals surface area contributed by atoms with E-state index in [0.717, 1.165) is 5.01 Å². The van der Waals surface area contributed by atoms with E-state index in [1.54, 1.807) is 29.8 Å². The van der Waals surface area contributed by atoms with E-state index in [4.69, 9.17) is 27.6 Å². The van der Waals surface area contributed by atoms with Gasteiger partial charge in [0.2, 0.25) is 5.82 Å². The van der Waals surface area contributed by atoms with Crippen LogP contribution in [0.2, 0.25) is 10.0 Å². The van der Waals surface area contributed by atoms with Crippen LogP contribution in [0.25, 0.3) is 17.3 Å². The van der Waals surface area contributed by atoms with Crippen LogP contribution in [-0.2, 0) is 5.75 Å². The lowest BCUT2D eigenvalue weighted by molar-refractivity contribution is 0.0944. The van der Waals surface area contributed by atoms with Gasteiger partial charge < -0.3 is 9.73 Å². The summed E-state index contributed by atoms with van der Waals surface area (Å²) in [6.07, 6.45) is 1.58. The SMILES string of the molecule is CC(C)CNC(=O)c1csc(CSc2nnc(-c3ccco3)n2-c2ccc(Cl)cc2Cl)n1. The molecule has 1 N–H and O–H groups in total. The molecule has 11 heteroatoms. The maximum absolute atomic E-state index is 12.2. The highest BCUT2D eigenvalue weighted by Gasteiger charge is 2.21. The van der Waals surface area contributed by atoms with Gasteiger partial charge in [0.1, 0.15) is 10.7 Å². The van der Waals surface area contributed by atoms with Crippen LogP contribution in [-0.4, -0.2) is 32.2 Å². The summed E-state index contributed by atoms with van der Waals surface area (Å²) in [5.74, 6) is 1.82. The van der Waals surface area contributed by atoms with Gasteiger partial charge in [-0.3, -0.25) is 9.36 Å². The van der Waals surface area contributed by atoms with Crippen molar-refractivity contribution in [2.45, 2.75) is 24.8 Å². The summed E-state index contributed by atoms with van der Waals surface area (Å²) >= 11 is 15.4. The average molecular weight is 508 g/mol. The lowest BCUT2D eigenvalue weighted by Crippen LogP contribution is -2.27. The molecule has 7 nitrogen and oxygen atoms in total. The number of hydrogen-bond donors (Lipinski definition) is 1. The van der Waals surface area contributed by atoms with Crippen LogP contribution in [0.1, 0.15) is 29.3 Å². The van der Waals surface area contributed by atoms with Gasteiger partial charge in [0.25, 0.3) is 5.91 Å². The average Bonchev–Trinajstić information content (AvgIpc) is 3.50. The number of benzene rings is 1. The highest BCUT2D eigenvalue weighted by Crippen LogP contribution is 2.34. The van der Waals surface area contributed by atoms with Crippen LogP contribution in [0.3, 0.4) is 0 Å². The predicted molar refractivity (Wildman–Crippen MR) is 128 cm³/mol. The number of nitrogens with zero attached hydrogens (tertiary/aromatic N) is 4. The number of hydrogen-bond acceptors (Lipinski definition) is 7. The zero-order valence-corrected chi connectivity index (χ0v) is 20.4. The summed E-state index contributed by atoms with van der Waals surface area (Å²) in [6.45, 7) is 4.70. The van der Waals surface area contributed by atoms with Crippen molar-refractivity contribution in [3.05, 3.63) is 62.7 Å². The molecular weight excluding hydrogens is 489 g/mol. The Bertz CT molecular complexity index is 1220. The van der Waals surface area contributed by atoms with E-state index in [9.17, 15) is 4.79 Å². The second-order valence-electron chi connectivity index (χ2n) is 7.23. The van der Waals surface area contributed by atoms with Crippen molar-refractivity contribution in [1.82, 2.24) is 25.1 Å². The molecule has 0 saturated carbocycles. The molecule has 0 unspecified atom stereocenters. The molecule has 166 valence electrons. The lowest BCUT2D eigenvalue weighted by Gasteiger charge is -2.11. The molecule has 0 spiro atoms. The van der Waals surface area contributed by atoms with Crippen LogP contribution in [0, 0.1) is 5.92 Å². The molecule has 4 aromatic rings. The van der Waals surface area contributed by atoms with Crippen molar-refractivity contribution in [1.29, 1.82) is 0 Å². The third-order valence-corrected chi connectivity index (χ3v) is 6.82. The minimum atomic E-state index is -0.164. The Balaban J connectivity index is 1.58. The Morgan fingerprint density at radius 3 is 2.84 bits per heavy atom. The molecule has 0 radical (unpaired) electrons. The number of carbonyl (C=O) groups excluding carboxylic acids is 1. The van der Waals surface area contributed by atoms with E-state index in [0.29, 0.717) is 56.4 Å². The van der Waals surface area contributed by atoms with E-state index in [1.165, 1.54) is 23.1 Å². The van der Waals surface area contributed by atoms with Gasteiger partial charge in [0.15, 0.2) is 10.9 Å². The standard InChI is InChI=1S/C21H19Cl2N5O2S2/c1-12(2)9-24-20(29)15-10-31-18(25-15)11-32-21-27-26-19(17-4-3-7-30-17)28(21)16-6-5-13(22)8-14(16)23/h3-8,10,12H,9,11H2,1-2H3,(H,24,29). The second-order valence-corrected chi connectivity index (χ2v) is 9.96. The number of rotatable bonds is 8. The molecule has 0 saturated heterocycles. The maximum atomic E-state index is 12.2. The molecule has 32 heavy (non-hydrogen) atoms. The maximum Gasteiger partial charge on any atom is 0.270 e. The molecule has 0 atom stereocenters. The van der Waals surface area contributed by atoms with Crippen LogP contribution >= 0.6 is 46.3 Å². The molecule has 0 aliphatic rings. The molecule has 1 aromatic carbocycles. The van der Waals surface area contributed by atoms with Crippen molar-refractivity contribution in [3.63, 3.8) is 0 Å². The van der Waals surface area contributed by atoms with Crippen LogP contribution in [0.4, 0.5) is 0 Å². The van der Waals surface area contributed by atoms with Crippen LogP contribution in [0.5, 0.6) is 0 Å². The quantitative estimate of drug-likeness (QED) is 0.295. The predicted octanol–water partition coefficient (Wildman–Crippen LogP) is 5.97. The summed E-state index contributed by atoms with van der Waals surface area (Å²) in [4.78, 5) is 16.7. The molecule has 3 aromatic heterocycles. The number of carbonyl (C=O) groups is 1. The van der Waals surface area contributed by atoms with Gasteiger partial charge in [-0.1, -0.05) is 48.8 Å². The first-order valence-electron chi connectivity index (χ1n) is 9.72. The first-order chi connectivity index (χ1) is 15.4. The topological polar surface area (TPSA) is 85.8 Å². The monoisotopic (exact) mass is 507 g/mol. The summed E-state index contributed by atoms with van der Waals surface area (Å²) in [5.41, 5.74) is 1.10. The van der Waals surface area contributed by atoms with Crippen molar-refractivity contribution in [2.75, 3.05) is 6.54 Å². The molecule has 0 aliphatic heterocycles. The summed E-state index contributed by atoms with van der Waals surface area (Å²) in [7, 11) is 0. The Morgan fingerprint density at radius 2 is 2.12 bits per heavy atom. The van der Waals surface area contributed by atoms with E-state index >= 15 is 0 Å². The third kappa shape index (κ3) is 5.17. The zero-order chi connectivity index (χ0) is 22.7. The molecule has 0 aliphatic carbocycles. The van der Waals surface area contributed by atoms with Gasteiger partial charge in [-0.15, -0.1) is 21.5 Å². The molecule has 3 heterocycles. The zero-order valence-electron chi connectivity index (χ0n) is 17.2. The Morgan fingerprint density at radius 1 is 1.28 bits per heavy atom. The summed E-state index contributed by atoms with van der Waals surface area (Å²) < 4.78 is 7.36. The fraction of sp³-hybridized carbons (Fsp3) is 0.238. The van der Waals surface area contributed by atoms with Gasteiger partial charge in [0.05, 0.1) is 22.7 Å². The van der Waals surface area contributed by atoms with Crippen molar-refractivity contribution in [2.24, 2.45) is 5.92 Å². The molecular formula is C21H19Cl2N5O2S2. The Labute approximate surface area is 203 Å². The molecule has 4 rings (SSSR count). The van der Waals surface area contributed by atoms with E-state index in [1.807, 2.05) is 30.5 Å².